The second kappa shape index (κ2) is 11.4. The van der Waals surface area contributed by atoms with Crippen molar-refractivity contribution in [3.63, 3.8) is 0 Å². The fraction of sp³-hybridized carbons (Fsp3) is 0.640. The minimum atomic E-state index is -4.53. The summed E-state index contributed by atoms with van der Waals surface area (Å²) >= 11 is 0. The maximum absolute atomic E-state index is 13.9. The fourth-order valence-corrected chi connectivity index (χ4v) is 5.35. The summed E-state index contributed by atoms with van der Waals surface area (Å²) < 4.78 is 70.7. The van der Waals surface area contributed by atoms with E-state index in [0.29, 0.717) is 4.68 Å². The van der Waals surface area contributed by atoms with Gasteiger partial charge in [-0.05, 0) is 67.9 Å². The average Bonchev–Trinajstić information content (AvgIpc) is 3.25. The first-order valence-corrected chi connectivity index (χ1v) is 13.7. The molecule has 2 fully saturated rings. The molecule has 17 heteroatoms. The lowest BCUT2D eigenvalue weighted by Crippen LogP contribution is -2.50. The third-order valence-corrected chi connectivity index (χ3v) is 7.57. The Morgan fingerprint density at radius 2 is 1.81 bits per heavy atom. The van der Waals surface area contributed by atoms with Crippen LogP contribution in [0.3, 0.4) is 0 Å². The highest BCUT2D eigenvalue weighted by molar-refractivity contribution is 6.00. The van der Waals surface area contributed by atoms with Crippen molar-refractivity contribution in [1.82, 2.24) is 45.1 Å². The topological polar surface area (TPSA) is 137 Å². The van der Waals surface area contributed by atoms with Crippen molar-refractivity contribution in [1.29, 1.82) is 0 Å². The second-order valence-corrected chi connectivity index (χ2v) is 11.2. The molecule has 3 aromatic heterocycles. The molecule has 2 atom stereocenters. The molecule has 5 rings (SSSR count). The van der Waals surface area contributed by atoms with Crippen LogP contribution in [-0.4, -0.2) is 69.7 Å². The summed E-state index contributed by atoms with van der Waals surface area (Å²) in [5, 5.41) is 24.6. The summed E-state index contributed by atoms with van der Waals surface area (Å²) in [4.78, 5) is 26.7. The number of amides is 2. The molecule has 3 aromatic rings. The molecular weight excluding hydrogens is 567 g/mol. The zero-order valence-electron chi connectivity index (χ0n) is 22.9. The third-order valence-electron chi connectivity index (χ3n) is 7.57. The van der Waals surface area contributed by atoms with E-state index < -0.39 is 61.3 Å². The van der Waals surface area contributed by atoms with E-state index in [9.17, 15) is 31.5 Å². The lowest BCUT2D eigenvalue weighted by atomic mass is 9.81. The van der Waals surface area contributed by atoms with Crippen molar-refractivity contribution in [2.45, 2.75) is 89.1 Å². The molecule has 228 valence electrons. The normalized spacial score (nSPS) is 19.0. The van der Waals surface area contributed by atoms with Gasteiger partial charge in [0, 0.05) is 31.3 Å². The zero-order valence-corrected chi connectivity index (χ0v) is 22.9. The van der Waals surface area contributed by atoms with E-state index in [-0.39, 0.29) is 42.0 Å². The molecular formula is C25H31F5N10O2. The van der Waals surface area contributed by atoms with Gasteiger partial charge in [0.1, 0.15) is 24.3 Å². The van der Waals surface area contributed by atoms with Crippen molar-refractivity contribution in [2.24, 2.45) is 11.8 Å². The van der Waals surface area contributed by atoms with Crippen LogP contribution in [0, 0.1) is 11.8 Å². The zero-order chi connectivity index (χ0) is 30.2. The highest BCUT2D eigenvalue weighted by Gasteiger charge is 2.42. The van der Waals surface area contributed by atoms with E-state index in [4.69, 9.17) is 0 Å². The van der Waals surface area contributed by atoms with Crippen LogP contribution in [0.15, 0.2) is 24.7 Å². The van der Waals surface area contributed by atoms with E-state index in [1.165, 1.54) is 34.0 Å². The van der Waals surface area contributed by atoms with Crippen LogP contribution < -0.4 is 10.6 Å². The summed E-state index contributed by atoms with van der Waals surface area (Å²) in [6.07, 6.45) is 0.417. The molecule has 42 heavy (non-hydrogen) atoms. The van der Waals surface area contributed by atoms with Gasteiger partial charge in [0.05, 0.1) is 11.9 Å². The maximum atomic E-state index is 13.9. The molecule has 12 nitrogen and oxygen atoms in total. The maximum Gasteiger partial charge on any atom is 0.408 e. The number of aromatic nitrogens is 8. The van der Waals surface area contributed by atoms with E-state index in [0.717, 1.165) is 12.8 Å². The van der Waals surface area contributed by atoms with Crippen molar-refractivity contribution in [2.75, 3.05) is 5.32 Å². The summed E-state index contributed by atoms with van der Waals surface area (Å²) in [6, 6.07) is -0.455. The smallest absolute Gasteiger partial charge is 0.339 e. The Hall–Kier alpha value is -3.92. The second-order valence-electron chi connectivity index (χ2n) is 11.2. The minimum absolute atomic E-state index is 0.00848. The van der Waals surface area contributed by atoms with Crippen molar-refractivity contribution >= 4 is 17.5 Å². The molecule has 2 aliphatic carbocycles. The SMILES string of the molecule is CC(C)n1nccc1C(=O)N[C@H](C(=O)Nc1cnn(C(c2nnnn2CC(F)(F)F)C2CC2)c1)C1CCC(F)(F)CC1. The molecule has 0 spiro atoms. The number of alkyl halides is 5. The van der Waals surface area contributed by atoms with Gasteiger partial charge in [-0.1, -0.05) is 0 Å². The van der Waals surface area contributed by atoms with Gasteiger partial charge in [-0.3, -0.25) is 19.0 Å². The summed E-state index contributed by atoms with van der Waals surface area (Å²) in [5.74, 6) is -4.64. The number of nitrogens with one attached hydrogen (secondary N) is 2. The largest absolute Gasteiger partial charge is 0.408 e. The van der Waals surface area contributed by atoms with Gasteiger partial charge >= 0.3 is 6.18 Å². The van der Waals surface area contributed by atoms with Crippen molar-refractivity contribution in [3.8, 4) is 0 Å². The monoisotopic (exact) mass is 598 g/mol. The van der Waals surface area contributed by atoms with E-state index >= 15 is 0 Å². The standard InChI is InChI=1S/C25H31F5N10O2/c1-14(2)40-18(7-10-31-40)22(41)34-19(15-5-8-24(26,27)9-6-15)23(42)33-17-11-32-38(12-17)20(16-3-4-16)21-35-36-37-39(21)13-25(28,29)30/h7,10-12,14-16,19-20H,3-6,8-9,13H2,1-2H3,(H,33,42)(H,34,41)/t19-,20?/m0/s1. The van der Waals surface area contributed by atoms with E-state index in [2.05, 4.69) is 36.4 Å². The predicted octanol–water partition coefficient (Wildman–Crippen LogP) is 3.77. The first kappa shape index (κ1) is 29.6. The molecule has 0 saturated heterocycles. The van der Waals surface area contributed by atoms with Gasteiger partial charge < -0.3 is 10.6 Å². The Kier molecular flexibility index (Phi) is 8.02. The lowest BCUT2D eigenvalue weighted by Gasteiger charge is -2.33. The van der Waals surface area contributed by atoms with Crippen LogP contribution >= 0.6 is 0 Å². The molecule has 0 aliphatic heterocycles. The first-order valence-electron chi connectivity index (χ1n) is 13.7. The molecule has 0 radical (unpaired) electrons. The molecule has 3 heterocycles. The van der Waals surface area contributed by atoms with Crippen LogP contribution in [0.1, 0.15) is 80.8 Å². The number of rotatable bonds is 10. The third kappa shape index (κ3) is 6.75. The summed E-state index contributed by atoms with van der Waals surface area (Å²) in [5.41, 5.74) is 0.439. The Morgan fingerprint density at radius 1 is 1.10 bits per heavy atom. The summed E-state index contributed by atoms with van der Waals surface area (Å²) in [6.45, 7) is 2.32. The van der Waals surface area contributed by atoms with Crippen LogP contribution in [0.4, 0.5) is 27.6 Å². The number of hydrogen-bond donors (Lipinski definition) is 2. The van der Waals surface area contributed by atoms with Crippen molar-refractivity contribution in [3.05, 3.63) is 36.2 Å². The number of anilines is 1. The van der Waals surface area contributed by atoms with Gasteiger partial charge in [-0.2, -0.15) is 23.4 Å². The number of tetrazole rings is 1. The Labute approximate surface area is 237 Å². The molecule has 0 aromatic carbocycles. The highest BCUT2D eigenvalue weighted by Crippen LogP contribution is 2.43. The van der Waals surface area contributed by atoms with Crippen LogP contribution in [0.25, 0.3) is 0 Å². The Morgan fingerprint density at radius 3 is 2.45 bits per heavy atom. The van der Waals surface area contributed by atoms with E-state index in [1.54, 1.807) is 0 Å². The average molecular weight is 599 g/mol. The quantitative estimate of drug-likeness (QED) is 0.339. The Bertz CT molecular complexity index is 1400. The van der Waals surface area contributed by atoms with Gasteiger partial charge in [-0.25, -0.2) is 13.5 Å². The van der Waals surface area contributed by atoms with Crippen LogP contribution in [0.2, 0.25) is 0 Å². The van der Waals surface area contributed by atoms with Gasteiger partial charge in [-0.15, -0.1) is 5.10 Å². The van der Waals surface area contributed by atoms with E-state index in [1.807, 2.05) is 13.8 Å². The number of hydrogen-bond acceptors (Lipinski definition) is 7. The number of nitrogens with zero attached hydrogens (tertiary/aromatic N) is 8. The highest BCUT2D eigenvalue weighted by atomic mass is 19.4. The van der Waals surface area contributed by atoms with Crippen LogP contribution in [0.5, 0.6) is 0 Å². The summed E-state index contributed by atoms with van der Waals surface area (Å²) in [7, 11) is 0. The van der Waals surface area contributed by atoms with Gasteiger partial charge in [0.25, 0.3) is 5.91 Å². The molecule has 2 N–H and O–H groups in total. The molecule has 2 aliphatic rings. The van der Waals surface area contributed by atoms with Gasteiger partial charge in [0.2, 0.25) is 11.8 Å². The van der Waals surface area contributed by atoms with Crippen LogP contribution in [-0.2, 0) is 11.3 Å². The molecule has 0 bridgehead atoms. The number of carbonyl (C=O) groups is 2. The first-order chi connectivity index (χ1) is 19.8. The number of halogens is 5. The molecule has 1 unspecified atom stereocenters. The number of carbonyl (C=O) groups excluding carboxylic acids is 2. The van der Waals surface area contributed by atoms with Crippen molar-refractivity contribution < 1.29 is 31.5 Å². The van der Waals surface area contributed by atoms with Gasteiger partial charge in [0.15, 0.2) is 5.82 Å². The molecule has 2 amide bonds. The lowest BCUT2D eigenvalue weighted by molar-refractivity contribution is -0.143. The predicted molar refractivity (Wildman–Crippen MR) is 136 cm³/mol. The fourth-order valence-electron chi connectivity index (χ4n) is 5.35. The minimum Gasteiger partial charge on any atom is -0.339 e. The Balaban J connectivity index is 1.35. The molecule has 2 saturated carbocycles.